The van der Waals surface area contributed by atoms with Crippen LogP contribution in [0.4, 0.5) is 0 Å². The van der Waals surface area contributed by atoms with Crippen LogP contribution < -0.4 is 5.32 Å². The Morgan fingerprint density at radius 3 is 2.94 bits per heavy atom. The van der Waals surface area contributed by atoms with E-state index in [1.54, 1.807) is 0 Å². The van der Waals surface area contributed by atoms with Gasteiger partial charge in [0.05, 0.1) is 5.52 Å². The number of pyridine rings is 1. The second kappa shape index (κ2) is 6.78. The van der Waals surface area contributed by atoms with E-state index in [2.05, 4.69) is 34.4 Å². The fourth-order valence-electron chi connectivity index (χ4n) is 2.01. The first-order chi connectivity index (χ1) is 8.92. The zero-order valence-electron chi connectivity index (χ0n) is 10.5. The maximum absolute atomic E-state index is 5.22. The van der Waals surface area contributed by atoms with Gasteiger partial charge in [-0.1, -0.05) is 18.2 Å². The van der Waals surface area contributed by atoms with Crippen LogP contribution in [0.5, 0.6) is 0 Å². The van der Waals surface area contributed by atoms with Gasteiger partial charge in [-0.15, -0.1) is 12.3 Å². The fraction of sp³-hybridized carbons (Fsp3) is 0.312. The molecule has 2 aromatic rings. The maximum atomic E-state index is 5.22. The highest BCUT2D eigenvalue weighted by Crippen LogP contribution is 2.15. The van der Waals surface area contributed by atoms with Gasteiger partial charge in [0.25, 0.3) is 0 Å². The molecule has 18 heavy (non-hydrogen) atoms. The number of hydrogen-bond acceptors (Lipinski definition) is 2. The van der Waals surface area contributed by atoms with E-state index in [4.69, 9.17) is 6.42 Å². The number of terminal acetylenes is 1. The lowest BCUT2D eigenvalue weighted by Crippen LogP contribution is -2.14. The third-order valence-corrected chi connectivity index (χ3v) is 2.98. The van der Waals surface area contributed by atoms with Crippen LogP contribution in [-0.2, 0) is 6.54 Å². The van der Waals surface area contributed by atoms with Crippen molar-refractivity contribution in [2.75, 3.05) is 6.54 Å². The highest BCUT2D eigenvalue weighted by molar-refractivity contribution is 5.81. The minimum absolute atomic E-state index is 0.875. The molecular weight excluding hydrogens is 220 g/mol. The third kappa shape index (κ3) is 3.32. The normalized spacial score (nSPS) is 10.4. The molecule has 0 atom stereocenters. The Hall–Kier alpha value is -1.85. The fourth-order valence-corrected chi connectivity index (χ4v) is 2.01. The smallest absolute Gasteiger partial charge is 0.0705 e. The number of nitrogens with zero attached hydrogens (tertiary/aromatic N) is 1. The topological polar surface area (TPSA) is 24.9 Å². The molecule has 0 radical (unpaired) electrons. The molecule has 1 aromatic carbocycles. The molecule has 0 saturated carbocycles. The average Bonchev–Trinajstić information content (AvgIpc) is 2.43. The minimum atomic E-state index is 0.875. The predicted octanol–water partition coefficient (Wildman–Crippen LogP) is 3.13. The van der Waals surface area contributed by atoms with Crippen LogP contribution in [0.15, 0.2) is 36.5 Å². The summed E-state index contributed by atoms with van der Waals surface area (Å²) in [6.45, 7) is 1.90. The van der Waals surface area contributed by atoms with E-state index in [0.717, 1.165) is 37.9 Å². The zero-order chi connectivity index (χ0) is 12.6. The van der Waals surface area contributed by atoms with Gasteiger partial charge in [-0.3, -0.25) is 4.98 Å². The molecule has 92 valence electrons. The minimum Gasteiger partial charge on any atom is -0.313 e. The van der Waals surface area contributed by atoms with Gasteiger partial charge in [0.2, 0.25) is 0 Å². The van der Waals surface area contributed by atoms with E-state index in [0.29, 0.717) is 0 Å². The van der Waals surface area contributed by atoms with Crippen LogP contribution in [0, 0.1) is 12.3 Å². The van der Waals surface area contributed by atoms with Gasteiger partial charge in [-0.2, -0.15) is 0 Å². The van der Waals surface area contributed by atoms with Crippen molar-refractivity contribution in [2.45, 2.75) is 25.8 Å². The largest absolute Gasteiger partial charge is 0.313 e. The standard InChI is InChI=1S/C16H18N2/c1-2-3-4-7-11-17-13-14-10-12-18-16-9-6-5-8-15(14)16/h1,5-6,8-10,12,17H,3-4,7,11,13H2. The molecule has 2 heteroatoms. The first-order valence-electron chi connectivity index (χ1n) is 6.38. The summed E-state index contributed by atoms with van der Waals surface area (Å²) in [6, 6.07) is 10.3. The monoisotopic (exact) mass is 238 g/mol. The summed E-state index contributed by atoms with van der Waals surface area (Å²) in [4.78, 5) is 4.36. The molecule has 1 N–H and O–H groups in total. The van der Waals surface area contributed by atoms with E-state index >= 15 is 0 Å². The first kappa shape index (κ1) is 12.6. The SMILES string of the molecule is C#CCCCCNCc1ccnc2ccccc12. The maximum Gasteiger partial charge on any atom is 0.0705 e. The number of aromatic nitrogens is 1. The zero-order valence-corrected chi connectivity index (χ0v) is 10.5. The highest BCUT2D eigenvalue weighted by atomic mass is 14.8. The molecule has 0 unspecified atom stereocenters. The van der Waals surface area contributed by atoms with Gasteiger partial charge >= 0.3 is 0 Å². The summed E-state index contributed by atoms with van der Waals surface area (Å²) in [5.74, 6) is 2.66. The number of para-hydroxylation sites is 1. The van der Waals surface area contributed by atoms with Crippen molar-refractivity contribution in [1.82, 2.24) is 10.3 Å². The predicted molar refractivity (Wildman–Crippen MR) is 76.1 cm³/mol. The molecule has 0 spiro atoms. The van der Waals surface area contributed by atoms with E-state index < -0.39 is 0 Å². The highest BCUT2D eigenvalue weighted by Gasteiger charge is 2.00. The Balaban J connectivity index is 1.90. The van der Waals surface area contributed by atoms with Crippen molar-refractivity contribution < 1.29 is 0 Å². The Labute approximate surface area is 108 Å². The van der Waals surface area contributed by atoms with Gasteiger partial charge in [-0.05, 0) is 37.1 Å². The van der Waals surface area contributed by atoms with Gasteiger partial charge in [-0.25, -0.2) is 0 Å². The molecule has 0 bridgehead atoms. The van der Waals surface area contributed by atoms with Crippen LogP contribution in [-0.4, -0.2) is 11.5 Å². The van der Waals surface area contributed by atoms with Crippen LogP contribution in [0.25, 0.3) is 10.9 Å². The van der Waals surface area contributed by atoms with Crippen LogP contribution in [0.3, 0.4) is 0 Å². The van der Waals surface area contributed by atoms with E-state index in [-0.39, 0.29) is 0 Å². The van der Waals surface area contributed by atoms with E-state index in [9.17, 15) is 0 Å². The molecule has 0 aliphatic carbocycles. The first-order valence-corrected chi connectivity index (χ1v) is 6.38. The number of fused-ring (bicyclic) bond motifs is 1. The van der Waals surface area contributed by atoms with Gasteiger partial charge in [0, 0.05) is 24.5 Å². The van der Waals surface area contributed by atoms with Crippen molar-refractivity contribution in [3.8, 4) is 12.3 Å². The van der Waals surface area contributed by atoms with E-state index in [1.807, 2.05) is 18.3 Å². The molecule has 0 amide bonds. The summed E-state index contributed by atoms with van der Waals surface area (Å²) in [5.41, 5.74) is 2.36. The molecular formula is C16H18N2. The third-order valence-electron chi connectivity index (χ3n) is 2.98. The second-order valence-corrected chi connectivity index (χ2v) is 4.33. The van der Waals surface area contributed by atoms with Crippen molar-refractivity contribution >= 4 is 10.9 Å². The number of rotatable bonds is 6. The molecule has 1 aromatic heterocycles. The number of nitrogens with one attached hydrogen (secondary N) is 1. The van der Waals surface area contributed by atoms with Crippen molar-refractivity contribution in [2.24, 2.45) is 0 Å². The lowest BCUT2D eigenvalue weighted by Gasteiger charge is -2.07. The molecule has 1 heterocycles. The lowest BCUT2D eigenvalue weighted by atomic mass is 10.1. The Morgan fingerprint density at radius 2 is 2.06 bits per heavy atom. The Morgan fingerprint density at radius 1 is 1.17 bits per heavy atom. The molecule has 0 aliphatic rings. The number of unbranched alkanes of at least 4 members (excludes halogenated alkanes) is 2. The van der Waals surface area contributed by atoms with Crippen LogP contribution in [0.1, 0.15) is 24.8 Å². The summed E-state index contributed by atoms with van der Waals surface area (Å²) >= 11 is 0. The van der Waals surface area contributed by atoms with Crippen LogP contribution in [0.2, 0.25) is 0 Å². The van der Waals surface area contributed by atoms with E-state index in [1.165, 1.54) is 10.9 Å². The quantitative estimate of drug-likeness (QED) is 0.618. The number of benzene rings is 1. The van der Waals surface area contributed by atoms with Crippen molar-refractivity contribution in [3.63, 3.8) is 0 Å². The molecule has 2 nitrogen and oxygen atoms in total. The Kier molecular flexibility index (Phi) is 4.75. The average molecular weight is 238 g/mol. The van der Waals surface area contributed by atoms with Gasteiger partial charge in [0.15, 0.2) is 0 Å². The summed E-state index contributed by atoms with van der Waals surface area (Å²) < 4.78 is 0. The summed E-state index contributed by atoms with van der Waals surface area (Å²) in [5, 5.41) is 4.69. The number of hydrogen-bond donors (Lipinski definition) is 1. The van der Waals surface area contributed by atoms with Crippen LogP contribution >= 0.6 is 0 Å². The van der Waals surface area contributed by atoms with Gasteiger partial charge in [0.1, 0.15) is 0 Å². The molecule has 0 fully saturated rings. The lowest BCUT2D eigenvalue weighted by molar-refractivity contribution is 0.631. The summed E-state index contributed by atoms with van der Waals surface area (Å²) in [6.07, 6.45) is 10.2. The van der Waals surface area contributed by atoms with Crippen molar-refractivity contribution in [1.29, 1.82) is 0 Å². The van der Waals surface area contributed by atoms with Gasteiger partial charge < -0.3 is 5.32 Å². The molecule has 0 saturated heterocycles. The Bertz CT molecular complexity index is 535. The molecule has 2 rings (SSSR count). The second-order valence-electron chi connectivity index (χ2n) is 4.33. The summed E-state index contributed by atoms with van der Waals surface area (Å²) in [7, 11) is 0. The molecule has 0 aliphatic heterocycles. The van der Waals surface area contributed by atoms with Crippen molar-refractivity contribution in [3.05, 3.63) is 42.1 Å².